The first-order chi connectivity index (χ1) is 16.1. The van der Waals surface area contributed by atoms with Gasteiger partial charge in [0.2, 0.25) is 0 Å². The number of nitroso groups, excluding NO2 is 1. The molecule has 33 heavy (non-hydrogen) atoms. The molecule has 0 aliphatic carbocycles. The van der Waals surface area contributed by atoms with E-state index >= 15 is 0 Å². The molecule has 0 amide bonds. The van der Waals surface area contributed by atoms with Crippen molar-refractivity contribution in [1.29, 1.82) is 0 Å². The summed E-state index contributed by atoms with van der Waals surface area (Å²) in [5, 5.41) is 6.53. The van der Waals surface area contributed by atoms with Crippen LogP contribution in [0.1, 0.15) is 29.5 Å². The Morgan fingerprint density at radius 3 is 2.55 bits per heavy atom. The number of benzene rings is 2. The molecule has 2 aromatic heterocycles. The van der Waals surface area contributed by atoms with E-state index in [9.17, 15) is 4.91 Å². The van der Waals surface area contributed by atoms with Gasteiger partial charge >= 0.3 is 0 Å². The third-order valence-electron chi connectivity index (χ3n) is 5.97. The first-order valence-electron chi connectivity index (χ1n) is 11.2. The highest BCUT2D eigenvalue weighted by molar-refractivity contribution is 5.88. The maximum atomic E-state index is 11.4. The maximum Gasteiger partial charge on any atom is 0.295 e. The van der Waals surface area contributed by atoms with Crippen LogP contribution in [0.5, 0.6) is 0 Å². The van der Waals surface area contributed by atoms with E-state index in [2.05, 4.69) is 75.3 Å². The summed E-state index contributed by atoms with van der Waals surface area (Å²) >= 11 is 0. The number of nitrogens with one attached hydrogen (secondary N) is 1. The van der Waals surface area contributed by atoms with Crippen LogP contribution in [0.15, 0.2) is 53.7 Å². The van der Waals surface area contributed by atoms with Crippen LogP contribution in [-0.4, -0.2) is 38.8 Å². The van der Waals surface area contributed by atoms with E-state index in [-0.39, 0.29) is 12.0 Å². The van der Waals surface area contributed by atoms with Crippen LogP contribution < -0.4 is 5.32 Å². The summed E-state index contributed by atoms with van der Waals surface area (Å²) in [7, 11) is 0. The quantitative estimate of drug-likeness (QED) is 0.415. The van der Waals surface area contributed by atoms with E-state index < -0.39 is 0 Å². The number of rotatable bonds is 6. The molecule has 5 rings (SSSR count). The van der Waals surface area contributed by atoms with Crippen molar-refractivity contribution in [2.24, 2.45) is 5.18 Å². The molecule has 0 radical (unpaired) electrons. The summed E-state index contributed by atoms with van der Waals surface area (Å²) in [6.07, 6.45) is 1.73. The van der Waals surface area contributed by atoms with Crippen molar-refractivity contribution in [3.8, 4) is 11.4 Å². The first-order valence-corrected chi connectivity index (χ1v) is 11.2. The Labute approximate surface area is 192 Å². The normalized spacial score (nSPS) is 14.5. The first kappa shape index (κ1) is 21.2. The van der Waals surface area contributed by atoms with Gasteiger partial charge in [-0.2, -0.15) is 9.97 Å². The topological polar surface area (TPSA) is 94.3 Å². The summed E-state index contributed by atoms with van der Waals surface area (Å²) in [6.45, 7) is 6.12. The molecule has 168 valence electrons. The molecule has 2 aromatic carbocycles. The maximum absolute atomic E-state index is 11.4. The standard InChI is InChI=1S/C25H26N6O2/c1-16-6-8-18(9-7-16)15-31-21-22(26-20-10-12-33-13-11-20)28-25(30-32)29-23(21)27-24(31)19-5-3-4-17(2)14-19/h3-9,14,20H,10-13,15H2,1-2H3,(H,26,28,29). The largest absolute Gasteiger partial charge is 0.381 e. The van der Waals surface area contributed by atoms with Gasteiger partial charge in [-0.25, -0.2) is 4.98 Å². The van der Waals surface area contributed by atoms with E-state index in [1.807, 2.05) is 12.1 Å². The Bertz CT molecular complexity index is 1290. The van der Waals surface area contributed by atoms with Crippen LogP contribution in [-0.2, 0) is 11.3 Å². The lowest BCUT2D eigenvalue weighted by Gasteiger charge is -2.24. The summed E-state index contributed by atoms with van der Waals surface area (Å²) < 4.78 is 7.63. The van der Waals surface area contributed by atoms with Gasteiger partial charge in [0.1, 0.15) is 11.3 Å². The Hall–Kier alpha value is -3.65. The molecule has 0 unspecified atom stereocenters. The fourth-order valence-electron chi connectivity index (χ4n) is 4.24. The van der Waals surface area contributed by atoms with Crippen LogP contribution in [0.25, 0.3) is 22.6 Å². The second kappa shape index (κ2) is 9.07. The molecule has 1 fully saturated rings. The van der Waals surface area contributed by atoms with Crippen molar-refractivity contribution in [3.05, 3.63) is 70.1 Å². The fraction of sp³-hybridized carbons (Fsp3) is 0.320. The highest BCUT2D eigenvalue weighted by Crippen LogP contribution is 2.31. The number of aryl methyl sites for hydroxylation is 2. The molecular weight excluding hydrogens is 416 g/mol. The van der Waals surface area contributed by atoms with E-state index in [4.69, 9.17) is 9.72 Å². The number of ether oxygens (including phenoxy) is 1. The van der Waals surface area contributed by atoms with Crippen molar-refractivity contribution in [2.75, 3.05) is 18.5 Å². The summed E-state index contributed by atoms with van der Waals surface area (Å²) in [4.78, 5) is 25.0. The van der Waals surface area contributed by atoms with E-state index in [0.29, 0.717) is 31.2 Å². The number of aromatic nitrogens is 4. The zero-order valence-corrected chi connectivity index (χ0v) is 18.8. The van der Waals surface area contributed by atoms with Gasteiger partial charge in [0, 0.05) is 36.5 Å². The number of hydrogen-bond donors (Lipinski definition) is 1. The van der Waals surface area contributed by atoms with Crippen molar-refractivity contribution in [1.82, 2.24) is 19.5 Å². The Morgan fingerprint density at radius 2 is 1.82 bits per heavy atom. The Kier molecular flexibility index (Phi) is 5.83. The van der Waals surface area contributed by atoms with Gasteiger partial charge in [-0.1, -0.05) is 53.6 Å². The SMILES string of the molecule is Cc1ccc(Cn2c(-c3cccc(C)c3)nc3nc(N=O)nc(NC4CCOCC4)c32)cc1. The molecule has 0 bridgehead atoms. The van der Waals surface area contributed by atoms with Crippen LogP contribution in [0, 0.1) is 18.8 Å². The van der Waals surface area contributed by atoms with Crippen molar-refractivity contribution in [3.63, 3.8) is 0 Å². The number of imidazole rings is 1. The van der Waals surface area contributed by atoms with Gasteiger partial charge in [0.25, 0.3) is 5.95 Å². The minimum absolute atomic E-state index is 0.118. The monoisotopic (exact) mass is 442 g/mol. The lowest BCUT2D eigenvalue weighted by molar-refractivity contribution is 0.0904. The third-order valence-corrected chi connectivity index (χ3v) is 5.97. The van der Waals surface area contributed by atoms with E-state index in [1.165, 1.54) is 5.56 Å². The minimum Gasteiger partial charge on any atom is -0.381 e. The molecule has 0 spiro atoms. The summed E-state index contributed by atoms with van der Waals surface area (Å²) in [5.41, 5.74) is 5.70. The Morgan fingerprint density at radius 1 is 1.03 bits per heavy atom. The second-order valence-corrected chi connectivity index (χ2v) is 8.54. The zero-order valence-electron chi connectivity index (χ0n) is 18.8. The van der Waals surface area contributed by atoms with Crippen molar-refractivity contribution >= 4 is 22.9 Å². The summed E-state index contributed by atoms with van der Waals surface area (Å²) in [5.74, 6) is 1.24. The number of nitrogens with zero attached hydrogens (tertiary/aromatic N) is 5. The average Bonchev–Trinajstić information content (AvgIpc) is 3.19. The molecule has 0 atom stereocenters. The molecule has 1 aliphatic rings. The van der Waals surface area contributed by atoms with Crippen LogP contribution >= 0.6 is 0 Å². The van der Waals surface area contributed by atoms with Crippen molar-refractivity contribution in [2.45, 2.75) is 39.3 Å². The lowest BCUT2D eigenvalue weighted by atomic mass is 10.1. The second-order valence-electron chi connectivity index (χ2n) is 8.54. The molecule has 8 nitrogen and oxygen atoms in total. The zero-order chi connectivity index (χ0) is 22.8. The molecular formula is C25H26N6O2. The van der Waals surface area contributed by atoms with Gasteiger partial charge in [0.15, 0.2) is 11.5 Å². The predicted octanol–water partition coefficient (Wildman–Crippen LogP) is 5.15. The molecule has 0 saturated carbocycles. The molecule has 8 heteroatoms. The van der Waals surface area contributed by atoms with Crippen molar-refractivity contribution < 1.29 is 4.74 Å². The lowest BCUT2D eigenvalue weighted by Crippen LogP contribution is -2.28. The smallest absolute Gasteiger partial charge is 0.295 e. The predicted molar refractivity (Wildman–Crippen MR) is 129 cm³/mol. The Balaban J connectivity index is 1.70. The fourth-order valence-corrected chi connectivity index (χ4v) is 4.24. The number of anilines is 1. The van der Waals surface area contributed by atoms with Gasteiger partial charge in [-0.15, -0.1) is 4.91 Å². The minimum atomic E-state index is -0.118. The van der Waals surface area contributed by atoms with Gasteiger partial charge in [-0.3, -0.25) is 0 Å². The number of fused-ring (bicyclic) bond motifs is 1. The van der Waals surface area contributed by atoms with Gasteiger partial charge in [0.05, 0.1) is 0 Å². The molecule has 3 heterocycles. The van der Waals surface area contributed by atoms with Gasteiger partial charge < -0.3 is 14.6 Å². The molecule has 1 aliphatic heterocycles. The van der Waals surface area contributed by atoms with Crippen LogP contribution in [0.3, 0.4) is 0 Å². The van der Waals surface area contributed by atoms with Crippen LogP contribution in [0.4, 0.5) is 11.8 Å². The highest BCUT2D eigenvalue weighted by Gasteiger charge is 2.23. The third kappa shape index (κ3) is 4.47. The summed E-state index contributed by atoms with van der Waals surface area (Å²) in [6, 6.07) is 16.9. The van der Waals surface area contributed by atoms with Crippen LogP contribution in [0.2, 0.25) is 0 Å². The number of hydrogen-bond acceptors (Lipinski definition) is 7. The highest BCUT2D eigenvalue weighted by atomic mass is 16.5. The van der Waals surface area contributed by atoms with E-state index in [1.54, 1.807) is 0 Å². The molecule has 1 saturated heterocycles. The molecule has 4 aromatic rings. The van der Waals surface area contributed by atoms with Gasteiger partial charge in [-0.05, 0) is 38.3 Å². The van der Waals surface area contributed by atoms with E-state index in [0.717, 1.165) is 40.9 Å². The molecule has 1 N–H and O–H groups in total. The average molecular weight is 443 g/mol.